The smallest absolute Gasteiger partial charge is 0.137 e. The number of rotatable bonds is 8. The van der Waals surface area contributed by atoms with E-state index in [2.05, 4.69) is 30.2 Å². The molecule has 4 nitrogen and oxygen atoms in total. The van der Waals surface area contributed by atoms with E-state index in [1.165, 1.54) is 0 Å². The molecular weight excluding hydrogens is 284 g/mol. The highest BCUT2D eigenvalue weighted by atomic mass is 32.1. The number of hydrogen-bond donors (Lipinski definition) is 1. The van der Waals surface area contributed by atoms with E-state index in [1.54, 1.807) is 24.6 Å². The number of aromatic nitrogens is 1. The van der Waals surface area contributed by atoms with Crippen LogP contribution in [0.3, 0.4) is 0 Å². The maximum absolute atomic E-state index is 5.68. The van der Waals surface area contributed by atoms with Crippen molar-refractivity contribution < 1.29 is 9.47 Å². The van der Waals surface area contributed by atoms with Crippen LogP contribution in [-0.2, 0) is 0 Å². The summed E-state index contributed by atoms with van der Waals surface area (Å²) >= 11 is 1.68. The second kappa shape index (κ2) is 8.00. The molecule has 5 heteroatoms. The van der Waals surface area contributed by atoms with Gasteiger partial charge >= 0.3 is 0 Å². The Balaban J connectivity index is 2.29. The van der Waals surface area contributed by atoms with Crippen LogP contribution in [-0.4, -0.2) is 25.2 Å². The molecule has 0 saturated heterocycles. The van der Waals surface area contributed by atoms with E-state index < -0.39 is 0 Å². The molecule has 0 radical (unpaired) electrons. The van der Waals surface area contributed by atoms with Crippen LogP contribution in [0.5, 0.6) is 11.5 Å². The van der Waals surface area contributed by atoms with E-state index in [-0.39, 0.29) is 6.04 Å². The fraction of sp³-hybridized carbons (Fsp3) is 0.438. The average Bonchev–Trinajstić information content (AvgIpc) is 2.99. The van der Waals surface area contributed by atoms with Crippen LogP contribution in [0, 0.1) is 0 Å². The number of nitrogens with zero attached hydrogens (tertiary/aromatic N) is 1. The highest BCUT2D eigenvalue weighted by Gasteiger charge is 2.19. The molecule has 0 fully saturated rings. The molecule has 1 unspecified atom stereocenters. The van der Waals surface area contributed by atoms with Crippen molar-refractivity contribution in [2.45, 2.75) is 26.3 Å². The van der Waals surface area contributed by atoms with E-state index in [0.717, 1.165) is 34.9 Å². The van der Waals surface area contributed by atoms with Crippen molar-refractivity contribution in [2.24, 2.45) is 0 Å². The van der Waals surface area contributed by atoms with Crippen LogP contribution in [0.2, 0.25) is 0 Å². The van der Waals surface area contributed by atoms with Crippen molar-refractivity contribution in [1.82, 2.24) is 10.3 Å². The quantitative estimate of drug-likeness (QED) is 0.808. The lowest BCUT2D eigenvalue weighted by molar-refractivity contribution is 0.315. The van der Waals surface area contributed by atoms with Crippen molar-refractivity contribution in [3.8, 4) is 11.5 Å². The molecule has 1 N–H and O–H groups in total. The summed E-state index contributed by atoms with van der Waals surface area (Å²) in [5.41, 5.74) is 1.09. The van der Waals surface area contributed by atoms with Crippen LogP contribution >= 0.6 is 11.3 Å². The third kappa shape index (κ3) is 3.95. The maximum Gasteiger partial charge on any atom is 0.137 e. The zero-order valence-electron chi connectivity index (χ0n) is 12.8. The van der Waals surface area contributed by atoms with Crippen LogP contribution in [0.25, 0.3) is 0 Å². The number of methoxy groups -OCH3 is 1. The molecule has 0 aliphatic carbocycles. The Morgan fingerprint density at radius 2 is 2.19 bits per heavy atom. The van der Waals surface area contributed by atoms with Crippen LogP contribution in [0.1, 0.15) is 36.8 Å². The lowest BCUT2D eigenvalue weighted by Gasteiger charge is -2.19. The molecule has 2 heterocycles. The number of hydrogen-bond acceptors (Lipinski definition) is 5. The minimum atomic E-state index is 0.0719. The number of ether oxygens (including phenoxy) is 2. The summed E-state index contributed by atoms with van der Waals surface area (Å²) in [5, 5.41) is 5.54. The molecular formula is C16H22N2O2S. The Morgan fingerprint density at radius 3 is 2.90 bits per heavy atom. The van der Waals surface area contributed by atoms with Gasteiger partial charge in [0.2, 0.25) is 0 Å². The van der Waals surface area contributed by atoms with Gasteiger partial charge in [0.1, 0.15) is 11.5 Å². The molecule has 2 aromatic heterocycles. The standard InChI is InChI=1S/C16H22N2O2S/c1-4-7-20-13-9-12(10-17-11-13)15(18-5-2)16-14(19-3)6-8-21-16/h6,8-11,15,18H,4-5,7H2,1-3H3. The normalized spacial score (nSPS) is 12.1. The highest BCUT2D eigenvalue weighted by molar-refractivity contribution is 7.10. The molecule has 1 atom stereocenters. The Kier molecular flexibility index (Phi) is 6.02. The van der Waals surface area contributed by atoms with Gasteiger partial charge in [-0.3, -0.25) is 4.98 Å². The van der Waals surface area contributed by atoms with Gasteiger partial charge < -0.3 is 14.8 Å². The van der Waals surface area contributed by atoms with Crippen molar-refractivity contribution in [3.05, 3.63) is 40.3 Å². The van der Waals surface area contributed by atoms with Crippen LogP contribution < -0.4 is 14.8 Å². The molecule has 2 rings (SSSR count). The Labute approximate surface area is 130 Å². The first-order chi connectivity index (χ1) is 10.3. The SMILES string of the molecule is CCCOc1cncc(C(NCC)c2sccc2OC)c1. The summed E-state index contributed by atoms with van der Waals surface area (Å²) < 4.78 is 11.1. The summed E-state index contributed by atoms with van der Waals surface area (Å²) in [5.74, 6) is 1.72. The van der Waals surface area contributed by atoms with Crippen molar-refractivity contribution in [2.75, 3.05) is 20.3 Å². The monoisotopic (exact) mass is 306 g/mol. The van der Waals surface area contributed by atoms with Gasteiger partial charge in [0.15, 0.2) is 0 Å². The molecule has 114 valence electrons. The van der Waals surface area contributed by atoms with Gasteiger partial charge in [-0.15, -0.1) is 11.3 Å². The molecule has 0 amide bonds. The fourth-order valence-electron chi connectivity index (χ4n) is 2.15. The van der Waals surface area contributed by atoms with E-state index in [4.69, 9.17) is 9.47 Å². The third-order valence-corrected chi connectivity index (χ3v) is 4.05. The first kappa shape index (κ1) is 15.8. The topological polar surface area (TPSA) is 43.4 Å². The van der Waals surface area contributed by atoms with Gasteiger partial charge in [0, 0.05) is 6.20 Å². The zero-order chi connectivity index (χ0) is 15.1. The number of nitrogens with one attached hydrogen (secondary N) is 1. The Bertz CT molecular complexity index is 557. The van der Waals surface area contributed by atoms with E-state index in [0.29, 0.717) is 6.61 Å². The predicted molar refractivity (Wildman–Crippen MR) is 86.4 cm³/mol. The summed E-state index contributed by atoms with van der Waals surface area (Å²) in [7, 11) is 1.70. The van der Waals surface area contributed by atoms with Crippen molar-refractivity contribution in [3.63, 3.8) is 0 Å². The summed E-state index contributed by atoms with van der Waals surface area (Å²) in [6.45, 7) is 5.76. The van der Waals surface area contributed by atoms with E-state index >= 15 is 0 Å². The van der Waals surface area contributed by atoms with Gasteiger partial charge in [-0.05, 0) is 36.0 Å². The van der Waals surface area contributed by atoms with E-state index in [9.17, 15) is 0 Å². The molecule has 0 aromatic carbocycles. The van der Waals surface area contributed by atoms with Crippen molar-refractivity contribution >= 4 is 11.3 Å². The lowest BCUT2D eigenvalue weighted by Crippen LogP contribution is -2.21. The van der Waals surface area contributed by atoms with Gasteiger partial charge in [-0.25, -0.2) is 0 Å². The minimum absolute atomic E-state index is 0.0719. The molecule has 21 heavy (non-hydrogen) atoms. The molecule has 0 aliphatic rings. The Morgan fingerprint density at radius 1 is 1.33 bits per heavy atom. The number of pyridine rings is 1. The minimum Gasteiger partial charge on any atom is -0.496 e. The Hall–Kier alpha value is -1.59. The average molecular weight is 306 g/mol. The maximum atomic E-state index is 5.68. The van der Waals surface area contributed by atoms with Gasteiger partial charge in [-0.2, -0.15) is 0 Å². The highest BCUT2D eigenvalue weighted by Crippen LogP contribution is 2.35. The van der Waals surface area contributed by atoms with Crippen LogP contribution in [0.4, 0.5) is 0 Å². The predicted octanol–water partition coefficient (Wildman–Crippen LogP) is 3.64. The lowest BCUT2D eigenvalue weighted by atomic mass is 10.1. The fourth-order valence-corrected chi connectivity index (χ4v) is 3.11. The van der Waals surface area contributed by atoms with Crippen LogP contribution in [0.15, 0.2) is 29.9 Å². The first-order valence-electron chi connectivity index (χ1n) is 7.22. The summed E-state index contributed by atoms with van der Waals surface area (Å²) in [6.07, 6.45) is 4.62. The van der Waals surface area contributed by atoms with Gasteiger partial charge in [0.05, 0.1) is 30.8 Å². The molecule has 0 saturated carbocycles. The van der Waals surface area contributed by atoms with Gasteiger partial charge in [-0.1, -0.05) is 13.8 Å². The summed E-state index contributed by atoms with van der Waals surface area (Å²) in [6, 6.07) is 4.12. The summed E-state index contributed by atoms with van der Waals surface area (Å²) in [4.78, 5) is 5.47. The van der Waals surface area contributed by atoms with Crippen molar-refractivity contribution in [1.29, 1.82) is 0 Å². The third-order valence-electron chi connectivity index (χ3n) is 3.09. The second-order valence-corrected chi connectivity index (χ2v) is 5.59. The second-order valence-electron chi connectivity index (χ2n) is 4.65. The van der Waals surface area contributed by atoms with Gasteiger partial charge in [0.25, 0.3) is 0 Å². The molecule has 0 spiro atoms. The molecule has 0 aliphatic heterocycles. The van der Waals surface area contributed by atoms with E-state index in [1.807, 2.05) is 17.6 Å². The largest absolute Gasteiger partial charge is 0.496 e. The number of thiophene rings is 1. The molecule has 2 aromatic rings. The first-order valence-corrected chi connectivity index (χ1v) is 8.10. The molecule has 0 bridgehead atoms. The zero-order valence-corrected chi connectivity index (χ0v) is 13.6.